The molecule has 0 saturated carbocycles. The molecule has 1 aromatic rings. The highest BCUT2D eigenvalue weighted by Gasteiger charge is 2.63. The molecule has 3 aliphatic heterocycles. The summed E-state index contributed by atoms with van der Waals surface area (Å²) in [5, 5.41) is 9.35. The molecule has 1 spiro atoms. The fourth-order valence-corrected chi connectivity index (χ4v) is 5.05. The SMILES string of the molecule is COc1cc2c3c(c1)[C@@]1(O[C@H](CCO)C[C@@H]1C)C(=O)N3C(C)(C)C=C2C. The van der Waals surface area contributed by atoms with Crippen LogP contribution in [-0.2, 0) is 15.1 Å². The zero-order chi connectivity index (χ0) is 18.9. The first kappa shape index (κ1) is 17.6. The summed E-state index contributed by atoms with van der Waals surface area (Å²) in [6, 6.07) is 3.97. The quantitative estimate of drug-likeness (QED) is 0.902. The first-order valence-electron chi connectivity index (χ1n) is 9.32. The maximum absolute atomic E-state index is 13.8. The Morgan fingerprint density at radius 1 is 1.38 bits per heavy atom. The largest absolute Gasteiger partial charge is 0.497 e. The van der Waals surface area contributed by atoms with Crippen molar-refractivity contribution in [2.45, 2.75) is 57.8 Å². The Bertz CT molecular complexity index is 812. The third-order valence-electron chi connectivity index (χ3n) is 6.15. The van der Waals surface area contributed by atoms with Crippen molar-refractivity contribution in [3.05, 3.63) is 29.3 Å². The van der Waals surface area contributed by atoms with E-state index in [1.54, 1.807) is 7.11 Å². The Morgan fingerprint density at radius 2 is 2.12 bits per heavy atom. The highest BCUT2D eigenvalue weighted by atomic mass is 16.5. The number of allylic oxidation sites excluding steroid dienone is 1. The van der Waals surface area contributed by atoms with Crippen molar-refractivity contribution in [3.63, 3.8) is 0 Å². The van der Waals surface area contributed by atoms with Crippen molar-refractivity contribution < 1.29 is 19.4 Å². The molecule has 5 heteroatoms. The van der Waals surface area contributed by atoms with Gasteiger partial charge in [0.15, 0.2) is 5.60 Å². The lowest BCUT2D eigenvalue weighted by molar-refractivity contribution is -0.147. The van der Waals surface area contributed by atoms with Crippen LogP contribution in [-0.4, -0.2) is 36.4 Å². The van der Waals surface area contributed by atoms with E-state index in [0.29, 0.717) is 6.42 Å². The monoisotopic (exact) mass is 357 g/mol. The van der Waals surface area contributed by atoms with Crippen LogP contribution in [0.15, 0.2) is 18.2 Å². The van der Waals surface area contributed by atoms with E-state index in [1.807, 2.05) is 17.0 Å². The number of aliphatic hydroxyl groups is 1. The van der Waals surface area contributed by atoms with Crippen molar-refractivity contribution >= 4 is 17.2 Å². The van der Waals surface area contributed by atoms with Crippen LogP contribution in [0.2, 0.25) is 0 Å². The van der Waals surface area contributed by atoms with Gasteiger partial charge in [-0.05, 0) is 51.3 Å². The molecule has 5 nitrogen and oxygen atoms in total. The Hall–Kier alpha value is -1.85. The number of ether oxygens (including phenoxy) is 2. The Labute approximate surface area is 154 Å². The molecule has 1 saturated heterocycles. The van der Waals surface area contributed by atoms with Gasteiger partial charge in [-0.3, -0.25) is 9.69 Å². The fraction of sp³-hybridized carbons (Fsp3) is 0.571. The summed E-state index contributed by atoms with van der Waals surface area (Å²) in [7, 11) is 1.65. The van der Waals surface area contributed by atoms with Crippen LogP contribution in [0.25, 0.3) is 5.57 Å². The number of carbonyl (C=O) groups excluding carboxylic acids is 1. The van der Waals surface area contributed by atoms with Crippen LogP contribution in [0.5, 0.6) is 5.75 Å². The molecule has 1 fully saturated rings. The van der Waals surface area contributed by atoms with Crippen LogP contribution in [0, 0.1) is 5.92 Å². The molecule has 0 radical (unpaired) electrons. The number of fused-ring (bicyclic) bond motifs is 1. The molecule has 3 atom stereocenters. The van der Waals surface area contributed by atoms with Crippen LogP contribution >= 0.6 is 0 Å². The van der Waals surface area contributed by atoms with E-state index in [0.717, 1.165) is 34.6 Å². The van der Waals surface area contributed by atoms with Gasteiger partial charge in [0.1, 0.15) is 5.75 Å². The molecule has 140 valence electrons. The molecule has 4 rings (SSSR count). The molecule has 3 aliphatic rings. The number of anilines is 1. The number of hydrogen-bond donors (Lipinski definition) is 1. The van der Waals surface area contributed by atoms with Gasteiger partial charge in [0.25, 0.3) is 5.91 Å². The number of rotatable bonds is 3. The van der Waals surface area contributed by atoms with Crippen LogP contribution in [0.3, 0.4) is 0 Å². The Balaban J connectivity index is 1.98. The van der Waals surface area contributed by atoms with Crippen molar-refractivity contribution in [3.8, 4) is 5.75 Å². The number of nitrogens with zero attached hydrogens (tertiary/aromatic N) is 1. The van der Waals surface area contributed by atoms with Crippen LogP contribution in [0.1, 0.15) is 51.7 Å². The zero-order valence-corrected chi connectivity index (χ0v) is 16.1. The molecule has 1 aromatic carbocycles. The number of aliphatic hydroxyl groups excluding tert-OH is 1. The van der Waals surface area contributed by atoms with Crippen LogP contribution < -0.4 is 9.64 Å². The van der Waals surface area contributed by atoms with Crippen LogP contribution in [0.4, 0.5) is 5.69 Å². The normalized spacial score (nSPS) is 31.4. The van der Waals surface area contributed by atoms with Gasteiger partial charge in [0, 0.05) is 23.7 Å². The zero-order valence-electron chi connectivity index (χ0n) is 16.1. The van der Waals surface area contributed by atoms with E-state index >= 15 is 0 Å². The number of amides is 1. The summed E-state index contributed by atoms with van der Waals surface area (Å²) in [5.41, 5.74) is 2.63. The summed E-state index contributed by atoms with van der Waals surface area (Å²) < 4.78 is 12.0. The lowest BCUT2D eigenvalue weighted by atomic mass is 9.82. The minimum absolute atomic E-state index is 0.00342. The molecule has 3 heterocycles. The topological polar surface area (TPSA) is 59.0 Å². The van der Waals surface area contributed by atoms with Gasteiger partial charge in [-0.15, -0.1) is 0 Å². The van der Waals surface area contributed by atoms with E-state index in [-0.39, 0.29) is 24.5 Å². The third-order valence-corrected chi connectivity index (χ3v) is 6.15. The lowest BCUT2D eigenvalue weighted by Gasteiger charge is -2.39. The summed E-state index contributed by atoms with van der Waals surface area (Å²) in [6.45, 7) is 8.35. The molecular formula is C21H27NO4. The van der Waals surface area contributed by atoms with Crippen molar-refractivity contribution in [1.82, 2.24) is 0 Å². The predicted octanol–water partition coefficient (Wildman–Crippen LogP) is 3.24. The van der Waals surface area contributed by atoms with Gasteiger partial charge >= 0.3 is 0 Å². The minimum Gasteiger partial charge on any atom is -0.497 e. The van der Waals surface area contributed by atoms with Gasteiger partial charge in [-0.2, -0.15) is 0 Å². The average Bonchev–Trinajstić information content (AvgIpc) is 3.03. The third kappa shape index (κ3) is 2.07. The summed E-state index contributed by atoms with van der Waals surface area (Å²) in [4.78, 5) is 15.7. The Morgan fingerprint density at radius 3 is 2.77 bits per heavy atom. The lowest BCUT2D eigenvalue weighted by Crippen LogP contribution is -2.52. The maximum atomic E-state index is 13.8. The smallest absolute Gasteiger partial charge is 0.265 e. The molecule has 1 N–H and O–H groups in total. The maximum Gasteiger partial charge on any atom is 0.265 e. The molecular weight excluding hydrogens is 330 g/mol. The summed E-state index contributed by atoms with van der Waals surface area (Å²) in [5.74, 6) is 0.773. The van der Waals surface area contributed by atoms with Crippen molar-refractivity contribution in [2.24, 2.45) is 5.92 Å². The Kier molecular flexibility index (Phi) is 3.76. The first-order chi connectivity index (χ1) is 12.3. The number of carbonyl (C=O) groups is 1. The van der Waals surface area contributed by atoms with E-state index in [1.165, 1.54) is 0 Å². The van der Waals surface area contributed by atoms with Gasteiger partial charge in [0.05, 0.1) is 24.4 Å². The molecule has 0 unspecified atom stereocenters. The minimum atomic E-state index is -0.992. The number of methoxy groups -OCH3 is 1. The summed E-state index contributed by atoms with van der Waals surface area (Å²) in [6.07, 6.45) is 3.34. The number of hydrogen-bond acceptors (Lipinski definition) is 4. The first-order valence-corrected chi connectivity index (χ1v) is 9.32. The van der Waals surface area contributed by atoms with Gasteiger partial charge < -0.3 is 14.6 Å². The summed E-state index contributed by atoms with van der Waals surface area (Å²) >= 11 is 0. The fourth-order valence-electron chi connectivity index (χ4n) is 5.05. The van der Waals surface area contributed by atoms with Gasteiger partial charge in [-0.25, -0.2) is 0 Å². The predicted molar refractivity (Wildman–Crippen MR) is 100 cm³/mol. The van der Waals surface area contributed by atoms with Gasteiger partial charge in [-0.1, -0.05) is 13.0 Å². The van der Waals surface area contributed by atoms with E-state index in [4.69, 9.17) is 9.47 Å². The second kappa shape index (κ2) is 5.57. The molecule has 0 bridgehead atoms. The molecule has 0 aliphatic carbocycles. The van der Waals surface area contributed by atoms with Crippen molar-refractivity contribution in [1.29, 1.82) is 0 Å². The number of benzene rings is 1. The van der Waals surface area contributed by atoms with E-state index in [2.05, 4.69) is 33.8 Å². The van der Waals surface area contributed by atoms with Crippen molar-refractivity contribution in [2.75, 3.05) is 18.6 Å². The van der Waals surface area contributed by atoms with E-state index < -0.39 is 11.1 Å². The second-order valence-electron chi connectivity index (χ2n) is 8.32. The highest BCUT2D eigenvalue weighted by Crippen LogP contribution is 2.59. The van der Waals surface area contributed by atoms with Gasteiger partial charge in [0.2, 0.25) is 0 Å². The molecule has 0 aromatic heterocycles. The highest BCUT2D eigenvalue weighted by molar-refractivity contribution is 6.12. The molecule has 1 amide bonds. The second-order valence-corrected chi connectivity index (χ2v) is 8.32. The standard InChI is InChI=1S/C21H27NO4/c1-12-11-20(3,4)22-18-16(12)9-15(25-5)10-17(18)21(19(22)24)13(2)8-14(26-21)6-7-23/h9-11,13-14,23H,6-8H2,1-5H3/t13-,14+,21+/m0/s1. The average molecular weight is 357 g/mol. The molecule has 26 heavy (non-hydrogen) atoms. The van der Waals surface area contributed by atoms with E-state index in [9.17, 15) is 9.90 Å².